The standard InChI is InChI=1S/C19H25N3O3S.2H2/c23-19(21-26(24,25)15-10-22(11-15)14-7-8-14)20-18-16-5-1-3-12(16)9-13-4-2-6-17(13)18;;/h9,14-15H,1-8,10-11H2,(H2,20,21,23);2*1H. The number of sulfonamides is 1. The number of hydrogen-bond donors (Lipinski definition) is 2. The average molecular weight is 380 g/mol. The summed E-state index contributed by atoms with van der Waals surface area (Å²) in [6.07, 6.45) is 8.58. The molecular weight excluding hydrogens is 350 g/mol. The number of aryl methyl sites for hydroxylation is 2. The highest BCUT2D eigenvalue weighted by molar-refractivity contribution is 7.90. The summed E-state index contributed by atoms with van der Waals surface area (Å²) in [5.41, 5.74) is 5.95. The molecule has 1 saturated carbocycles. The number of carbonyl (C=O) groups excluding carboxylic acids is 1. The number of amides is 2. The van der Waals surface area contributed by atoms with Crippen molar-refractivity contribution in [1.29, 1.82) is 0 Å². The van der Waals surface area contributed by atoms with Gasteiger partial charge in [0.05, 0.1) is 0 Å². The maximum Gasteiger partial charge on any atom is 0.332 e. The van der Waals surface area contributed by atoms with E-state index in [0.29, 0.717) is 19.1 Å². The van der Waals surface area contributed by atoms with Crippen LogP contribution in [0.1, 0.15) is 50.8 Å². The molecule has 1 aromatic rings. The monoisotopic (exact) mass is 379 g/mol. The summed E-state index contributed by atoms with van der Waals surface area (Å²) in [5, 5.41) is 2.43. The molecule has 1 saturated heterocycles. The zero-order valence-corrected chi connectivity index (χ0v) is 15.7. The quantitative estimate of drug-likeness (QED) is 0.842. The van der Waals surface area contributed by atoms with Crippen molar-refractivity contribution in [3.63, 3.8) is 0 Å². The van der Waals surface area contributed by atoms with E-state index < -0.39 is 21.3 Å². The third-order valence-electron chi connectivity index (χ3n) is 6.32. The fourth-order valence-electron chi connectivity index (χ4n) is 4.72. The van der Waals surface area contributed by atoms with Crippen LogP contribution in [0.2, 0.25) is 0 Å². The normalized spacial score (nSPS) is 22.6. The van der Waals surface area contributed by atoms with Crippen molar-refractivity contribution >= 4 is 21.7 Å². The fourth-order valence-corrected chi connectivity index (χ4v) is 5.97. The molecule has 5 rings (SSSR count). The molecule has 6 nitrogen and oxygen atoms in total. The lowest BCUT2D eigenvalue weighted by molar-refractivity contribution is 0.174. The number of hydrogen-bond acceptors (Lipinski definition) is 4. The van der Waals surface area contributed by atoms with Crippen molar-refractivity contribution in [2.24, 2.45) is 0 Å². The van der Waals surface area contributed by atoms with Crippen LogP contribution in [0.15, 0.2) is 6.07 Å². The van der Waals surface area contributed by atoms with Gasteiger partial charge in [-0.05, 0) is 73.6 Å². The minimum atomic E-state index is -3.61. The Balaban J connectivity index is 0.00000112. The largest absolute Gasteiger partial charge is 0.332 e. The summed E-state index contributed by atoms with van der Waals surface area (Å²) < 4.78 is 27.2. The first-order chi connectivity index (χ1) is 12.5. The molecule has 0 unspecified atom stereocenters. The molecule has 3 aliphatic carbocycles. The molecule has 2 fully saturated rings. The molecule has 7 heteroatoms. The van der Waals surface area contributed by atoms with E-state index in [1.807, 2.05) is 0 Å². The summed E-state index contributed by atoms with van der Waals surface area (Å²) in [7, 11) is -3.61. The molecule has 0 bridgehead atoms. The molecule has 1 aromatic carbocycles. The van der Waals surface area contributed by atoms with Gasteiger partial charge >= 0.3 is 6.03 Å². The number of likely N-dealkylation sites (tertiary alicyclic amines) is 1. The minimum Gasteiger partial charge on any atom is -0.307 e. The molecular formula is C19H29N3O3S. The van der Waals surface area contributed by atoms with Crippen LogP contribution in [0, 0.1) is 0 Å². The lowest BCUT2D eigenvalue weighted by atomic mass is 9.99. The summed E-state index contributed by atoms with van der Waals surface area (Å²) in [6.45, 7) is 1.09. The molecule has 26 heavy (non-hydrogen) atoms. The van der Waals surface area contributed by atoms with Crippen LogP contribution >= 0.6 is 0 Å². The minimum absolute atomic E-state index is 0. The van der Waals surface area contributed by atoms with Gasteiger partial charge in [0.1, 0.15) is 5.25 Å². The van der Waals surface area contributed by atoms with Gasteiger partial charge in [0.2, 0.25) is 10.0 Å². The van der Waals surface area contributed by atoms with Crippen molar-refractivity contribution in [1.82, 2.24) is 9.62 Å². The van der Waals surface area contributed by atoms with E-state index in [9.17, 15) is 13.2 Å². The van der Waals surface area contributed by atoms with E-state index in [1.54, 1.807) is 0 Å². The zero-order chi connectivity index (χ0) is 17.9. The van der Waals surface area contributed by atoms with Gasteiger partial charge in [-0.3, -0.25) is 4.90 Å². The highest BCUT2D eigenvalue weighted by atomic mass is 32.2. The third kappa shape index (κ3) is 2.81. The van der Waals surface area contributed by atoms with E-state index in [2.05, 4.69) is 21.0 Å². The fraction of sp³-hybridized carbons (Fsp3) is 0.632. The van der Waals surface area contributed by atoms with E-state index in [1.165, 1.54) is 35.1 Å². The molecule has 1 heterocycles. The van der Waals surface area contributed by atoms with Crippen LogP contribution in [0.4, 0.5) is 10.5 Å². The lowest BCUT2D eigenvalue weighted by Crippen LogP contribution is -2.59. The second-order valence-corrected chi connectivity index (χ2v) is 10.1. The molecule has 0 atom stereocenters. The molecule has 0 spiro atoms. The molecule has 0 aromatic heterocycles. The Morgan fingerprint density at radius 2 is 1.65 bits per heavy atom. The van der Waals surface area contributed by atoms with Gasteiger partial charge in [-0.25, -0.2) is 17.9 Å². The van der Waals surface area contributed by atoms with E-state index in [-0.39, 0.29) is 2.85 Å². The molecule has 4 aliphatic rings. The zero-order valence-electron chi connectivity index (χ0n) is 14.9. The van der Waals surface area contributed by atoms with Gasteiger partial charge < -0.3 is 5.32 Å². The predicted molar refractivity (Wildman–Crippen MR) is 104 cm³/mol. The van der Waals surface area contributed by atoms with Gasteiger partial charge in [0.15, 0.2) is 0 Å². The second kappa shape index (κ2) is 5.96. The second-order valence-electron chi connectivity index (χ2n) is 8.14. The highest BCUT2D eigenvalue weighted by Gasteiger charge is 2.44. The number of nitrogens with one attached hydrogen (secondary N) is 2. The third-order valence-corrected chi connectivity index (χ3v) is 7.97. The van der Waals surface area contributed by atoms with Crippen molar-refractivity contribution in [3.8, 4) is 0 Å². The summed E-state index contributed by atoms with van der Waals surface area (Å²) in [6, 6.07) is 2.26. The Kier molecular flexibility index (Phi) is 3.79. The number of anilines is 1. The van der Waals surface area contributed by atoms with E-state index in [4.69, 9.17) is 0 Å². The van der Waals surface area contributed by atoms with Crippen LogP contribution in [0.25, 0.3) is 0 Å². The van der Waals surface area contributed by atoms with Gasteiger partial charge in [0.25, 0.3) is 0 Å². The molecule has 2 amide bonds. The number of carbonyl (C=O) groups is 1. The van der Waals surface area contributed by atoms with Gasteiger partial charge in [-0.1, -0.05) is 6.07 Å². The Hall–Kier alpha value is -1.60. The topological polar surface area (TPSA) is 78.5 Å². The highest BCUT2D eigenvalue weighted by Crippen LogP contribution is 2.38. The van der Waals surface area contributed by atoms with Crippen LogP contribution in [0.5, 0.6) is 0 Å². The van der Waals surface area contributed by atoms with Gasteiger partial charge in [0, 0.05) is 27.7 Å². The first-order valence-corrected chi connectivity index (χ1v) is 11.3. The lowest BCUT2D eigenvalue weighted by Gasteiger charge is -2.38. The Labute approximate surface area is 157 Å². The van der Waals surface area contributed by atoms with Crippen molar-refractivity contribution in [2.75, 3.05) is 18.4 Å². The first kappa shape index (κ1) is 16.6. The number of fused-ring (bicyclic) bond motifs is 2. The summed E-state index contributed by atoms with van der Waals surface area (Å²) >= 11 is 0. The van der Waals surface area contributed by atoms with Crippen molar-refractivity contribution in [3.05, 3.63) is 28.3 Å². The van der Waals surface area contributed by atoms with Gasteiger partial charge in [-0.2, -0.15) is 0 Å². The van der Waals surface area contributed by atoms with Crippen molar-refractivity contribution < 1.29 is 16.1 Å². The number of rotatable bonds is 4. The van der Waals surface area contributed by atoms with E-state index >= 15 is 0 Å². The van der Waals surface area contributed by atoms with Crippen molar-refractivity contribution in [2.45, 2.75) is 62.7 Å². The van der Waals surface area contributed by atoms with Crippen LogP contribution < -0.4 is 10.0 Å². The molecule has 1 aliphatic heterocycles. The predicted octanol–water partition coefficient (Wildman–Crippen LogP) is 2.45. The van der Waals surface area contributed by atoms with Crippen LogP contribution in [-0.4, -0.2) is 43.7 Å². The van der Waals surface area contributed by atoms with Crippen LogP contribution in [-0.2, 0) is 35.7 Å². The number of benzene rings is 1. The number of urea groups is 1. The molecule has 2 N–H and O–H groups in total. The SMILES string of the molecule is O=C(Nc1c2c(cc3c1CCC3)CCC2)NS(=O)(=O)C1CN(C2CC2)C1.[HH].[HH]. The first-order valence-electron chi connectivity index (χ1n) is 9.74. The molecule has 144 valence electrons. The van der Waals surface area contributed by atoms with Gasteiger partial charge in [-0.15, -0.1) is 0 Å². The average Bonchev–Trinajstić information content (AvgIpc) is 3.06. The van der Waals surface area contributed by atoms with Crippen LogP contribution in [0.3, 0.4) is 0 Å². The Morgan fingerprint density at radius 3 is 2.23 bits per heavy atom. The Morgan fingerprint density at radius 1 is 1.04 bits per heavy atom. The number of nitrogens with zero attached hydrogens (tertiary/aromatic N) is 1. The molecule has 0 radical (unpaired) electrons. The maximum absolute atomic E-state index is 12.5. The Bertz CT molecular complexity index is 849. The maximum atomic E-state index is 12.5. The summed E-state index contributed by atoms with van der Waals surface area (Å²) in [4.78, 5) is 14.7. The smallest absolute Gasteiger partial charge is 0.307 e. The summed E-state index contributed by atoms with van der Waals surface area (Å²) in [5.74, 6) is 0. The van der Waals surface area contributed by atoms with E-state index in [0.717, 1.165) is 44.2 Å².